The average Bonchev–Trinajstić information content (AvgIpc) is 3.09. The quantitative estimate of drug-likeness (QED) is 0.686. The molecule has 0 amide bonds. The van der Waals surface area contributed by atoms with Crippen LogP contribution in [-0.2, 0) is 4.84 Å². The summed E-state index contributed by atoms with van der Waals surface area (Å²) in [6.07, 6.45) is 4.32. The van der Waals surface area contributed by atoms with E-state index in [1.807, 2.05) is 66.7 Å². The molecular weight excluding hydrogens is 302 g/mol. The standard InChI is InChI=1S/C20H15NO3/c22-20-17(12-15-8-4-5-9-19(15)23-20)18-13-16(24-21-18)11-10-14-6-2-1-3-7-14/h1-12,16H,13H2/b11-10+. The predicted molar refractivity (Wildman–Crippen MR) is 94.0 cm³/mol. The van der Waals surface area contributed by atoms with E-state index in [4.69, 9.17) is 9.25 Å². The molecule has 4 heteroatoms. The van der Waals surface area contributed by atoms with Gasteiger partial charge in [0, 0.05) is 11.8 Å². The van der Waals surface area contributed by atoms with Gasteiger partial charge in [0.1, 0.15) is 5.58 Å². The third-order valence-electron chi connectivity index (χ3n) is 3.95. The van der Waals surface area contributed by atoms with Gasteiger partial charge in [0.25, 0.3) is 0 Å². The molecule has 24 heavy (non-hydrogen) atoms. The second-order valence-corrected chi connectivity index (χ2v) is 5.64. The van der Waals surface area contributed by atoms with Crippen molar-refractivity contribution in [2.75, 3.05) is 0 Å². The number of rotatable bonds is 3. The minimum Gasteiger partial charge on any atom is -0.422 e. The number of para-hydroxylation sites is 1. The van der Waals surface area contributed by atoms with Crippen molar-refractivity contribution >= 4 is 22.8 Å². The van der Waals surface area contributed by atoms with E-state index < -0.39 is 0 Å². The molecule has 0 spiro atoms. The van der Waals surface area contributed by atoms with Gasteiger partial charge < -0.3 is 9.25 Å². The zero-order valence-electron chi connectivity index (χ0n) is 12.9. The highest BCUT2D eigenvalue weighted by molar-refractivity contribution is 6.02. The highest BCUT2D eigenvalue weighted by Crippen LogP contribution is 2.20. The van der Waals surface area contributed by atoms with Crippen molar-refractivity contribution in [1.29, 1.82) is 0 Å². The number of nitrogens with zero attached hydrogens (tertiary/aromatic N) is 1. The Bertz CT molecular complexity index is 986. The second-order valence-electron chi connectivity index (χ2n) is 5.64. The van der Waals surface area contributed by atoms with Gasteiger partial charge in [0.05, 0.1) is 11.3 Å². The molecule has 0 fully saturated rings. The van der Waals surface area contributed by atoms with Gasteiger partial charge in [-0.2, -0.15) is 0 Å². The predicted octanol–water partition coefficient (Wildman–Crippen LogP) is 4.00. The first-order valence-electron chi connectivity index (χ1n) is 7.79. The molecule has 1 aliphatic rings. The molecule has 3 aromatic rings. The maximum absolute atomic E-state index is 12.2. The lowest BCUT2D eigenvalue weighted by atomic mass is 10.0. The minimum absolute atomic E-state index is 0.175. The minimum atomic E-state index is -0.385. The number of fused-ring (bicyclic) bond motifs is 1. The second kappa shape index (κ2) is 6.16. The van der Waals surface area contributed by atoms with Crippen molar-refractivity contribution in [2.24, 2.45) is 5.16 Å². The van der Waals surface area contributed by atoms with E-state index >= 15 is 0 Å². The molecule has 4 nitrogen and oxygen atoms in total. The lowest BCUT2D eigenvalue weighted by Gasteiger charge is -2.02. The molecule has 1 aromatic heterocycles. The van der Waals surface area contributed by atoms with Gasteiger partial charge in [-0.05, 0) is 23.8 Å². The van der Waals surface area contributed by atoms with Gasteiger partial charge >= 0.3 is 5.63 Å². The van der Waals surface area contributed by atoms with E-state index in [9.17, 15) is 4.79 Å². The molecule has 118 valence electrons. The van der Waals surface area contributed by atoms with Crippen molar-refractivity contribution in [3.8, 4) is 0 Å². The van der Waals surface area contributed by atoms with Crippen LogP contribution in [0.3, 0.4) is 0 Å². The lowest BCUT2D eigenvalue weighted by molar-refractivity contribution is 0.120. The van der Waals surface area contributed by atoms with Gasteiger partial charge in [0.2, 0.25) is 0 Å². The Balaban J connectivity index is 1.55. The van der Waals surface area contributed by atoms with Gasteiger partial charge in [-0.1, -0.05) is 59.8 Å². The monoisotopic (exact) mass is 317 g/mol. The van der Waals surface area contributed by atoms with Crippen LogP contribution in [0.1, 0.15) is 17.5 Å². The molecule has 2 aromatic carbocycles. The van der Waals surface area contributed by atoms with Crippen LogP contribution in [0, 0.1) is 0 Å². The summed E-state index contributed by atoms with van der Waals surface area (Å²) in [5.41, 5.74) is 2.37. The number of benzene rings is 2. The summed E-state index contributed by atoms with van der Waals surface area (Å²) in [4.78, 5) is 17.6. The Kier molecular flexibility index (Phi) is 3.71. The zero-order valence-corrected chi connectivity index (χ0v) is 12.9. The summed E-state index contributed by atoms with van der Waals surface area (Å²) in [7, 11) is 0. The maximum Gasteiger partial charge on any atom is 0.345 e. The molecular formula is C20H15NO3. The Morgan fingerprint density at radius 1 is 1.04 bits per heavy atom. The molecule has 2 heterocycles. The van der Waals surface area contributed by atoms with Gasteiger partial charge in [-0.25, -0.2) is 4.79 Å². The van der Waals surface area contributed by atoms with Gasteiger partial charge in [-0.3, -0.25) is 0 Å². The summed E-state index contributed by atoms with van der Waals surface area (Å²) in [6.45, 7) is 0. The summed E-state index contributed by atoms with van der Waals surface area (Å²) < 4.78 is 5.36. The molecule has 0 N–H and O–H groups in total. The number of hydrogen-bond acceptors (Lipinski definition) is 4. The Labute approximate surface area is 138 Å². The first kappa shape index (κ1) is 14.5. The first-order chi connectivity index (χ1) is 11.8. The van der Waals surface area contributed by atoms with Gasteiger partial charge in [-0.15, -0.1) is 0 Å². The van der Waals surface area contributed by atoms with Crippen molar-refractivity contribution < 1.29 is 9.25 Å². The fraction of sp³-hybridized carbons (Fsp3) is 0.100. The van der Waals surface area contributed by atoms with E-state index in [-0.39, 0.29) is 11.7 Å². The Morgan fingerprint density at radius 3 is 2.71 bits per heavy atom. The van der Waals surface area contributed by atoms with E-state index in [2.05, 4.69) is 5.16 Å². The highest BCUT2D eigenvalue weighted by atomic mass is 16.6. The van der Waals surface area contributed by atoms with E-state index in [1.165, 1.54) is 0 Å². The van der Waals surface area contributed by atoms with E-state index in [0.29, 0.717) is 23.3 Å². The maximum atomic E-state index is 12.2. The molecule has 0 saturated carbocycles. The zero-order chi connectivity index (χ0) is 16.4. The molecule has 1 atom stereocenters. The molecule has 1 unspecified atom stereocenters. The SMILES string of the molecule is O=c1oc2ccccc2cc1C1=NOC(/C=C/c2ccccc2)C1. The molecule has 0 radical (unpaired) electrons. The fourth-order valence-corrected chi connectivity index (χ4v) is 2.70. The number of oxime groups is 1. The molecule has 0 saturated heterocycles. The third kappa shape index (κ3) is 2.86. The topological polar surface area (TPSA) is 51.8 Å². The normalized spacial score (nSPS) is 17.2. The molecule has 0 aliphatic carbocycles. The summed E-state index contributed by atoms with van der Waals surface area (Å²) >= 11 is 0. The summed E-state index contributed by atoms with van der Waals surface area (Å²) in [5.74, 6) is 0. The Morgan fingerprint density at radius 2 is 1.83 bits per heavy atom. The van der Waals surface area contributed by atoms with E-state index in [1.54, 1.807) is 6.07 Å². The van der Waals surface area contributed by atoms with Crippen LogP contribution >= 0.6 is 0 Å². The highest BCUT2D eigenvalue weighted by Gasteiger charge is 2.23. The van der Waals surface area contributed by atoms with Crippen molar-refractivity contribution in [3.63, 3.8) is 0 Å². The van der Waals surface area contributed by atoms with Crippen LogP contribution in [-0.4, -0.2) is 11.8 Å². The van der Waals surface area contributed by atoms with E-state index in [0.717, 1.165) is 10.9 Å². The summed E-state index contributed by atoms with van der Waals surface area (Å²) in [6, 6.07) is 19.2. The Hall–Kier alpha value is -3.14. The lowest BCUT2D eigenvalue weighted by Crippen LogP contribution is -2.14. The van der Waals surface area contributed by atoms with Gasteiger partial charge in [0.15, 0.2) is 6.10 Å². The fourth-order valence-electron chi connectivity index (χ4n) is 2.70. The van der Waals surface area contributed by atoms with Crippen LogP contribution in [0.15, 0.2) is 81.1 Å². The van der Waals surface area contributed by atoms with Crippen molar-refractivity contribution in [2.45, 2.75) is 12.5 Å². The summed E-state index contributed by atoms with van der Waals surface area (Å²) in [5, 5.41) is 4.95. The van der Waals surface area contributed by atoms with Crippen LogP contribution in [0.2, 0.25) is 0 Å². The first-order valence-corrected chi connectivity index (χ1v) is 7.79. The smallest absolute Gasteiger partial charge is 0.345 e. The average molecular weight is 317 g/mol. The van der Waals surface area contributed by atoms with Crippen molar-refractivity contribution in [1.82, 2.24) is 0 Å². The van der Waals surface area contributed by atoms with Crippen LogP contribution in [0.25, 0.3) is 17.0 Å². The third-order valence-corrected chi connectivity index (χ3v) is 3.95. The molecule has 4 rings (SSSR count). The van der Waals surface area contributed by atoms with Crippen LogP contribution in [0.4, 0.5) is 0 Å². The largest absolute Gasteiger partial charge is 0.422 e. The molecule has 0 bridgehead atoms. The number of hydrogen-bond donors (Lipinski definition) is 0. The van der Waals surface area contributed by atoms with Crippen LogP contribution < -0.4 is 5.63 Å². The molecule has 1 aliphatic heterocycles. The van der Waals surface area contributed by atoms with Crippen molar-refractivity contribution in [3.05, 3.63) is 88.3 Å². The van der Waals surface area contributed by atoms with Crippen LogP contribution in [0.5, 0.6) is 0 Å².